The number of hydrogen-bond donors (Lipinski definition) is 2. The van der Waals surface area contributed by atoms with Gasteiger partial charge in [0.15, 0.2) is 0 Å². The molecule has 4 rings (SSSR count). The fraction of sp³-hybridized carbons (Fsp3) is 0.500. The Balaban J connectivity index is 1.41. The van der Waals surface area contributed by atoms with Crippen molar-refractivity contribution in [2.24, 2.45) is 0 Å². The van der Waals surface area contributed by atoms with E-state index in [-0.39, 0.29) is 6.09 Å². The van der Waals surface area contributed by atoms with Gasteiger partial charge >= 0.3 is 6.09 Å². The Morgan fingerprint density at radius 2 is 2.07 bits per heavy atom. The number of H-pyrrole nitrogens is 1. The third-order valence-electron chi connectivity index (χ3n) is 5.32. The van der Waals surface area contributed by atoms with Crippen LogP contribution < -0.4 is 10.3 Å². The zero-order chi connectivity index (χ0) is 20.2. The Labute approximate surface area is 170 Å². The number of rotatable bonds is 6. The molecule has 0 unspecified atom stereocenters. The minimum Gasteiger partial charge on any atom is -0.449 e. The highest BCUT2D eigenvalue weighted by Gasteiger charge is 2.24. The maximum atomic E-state index is 12.2. The largest absolute Gasteiger partial charge is 0.449 e. The number of hydrazine groups is 1. The first-order chi connectivity index (χ1) is 14.2. The van der Waals surface area contributed by atoms with Crippen LogP contribution in [0.15, 0.2) is 24.5 Å². The maximum Gasteiger partial charge on any atom is 0.409 e. The van der Waals surface area contributed by atoms with Gasteiger partial charge in [0.25, 0.3) is 0 Å². The average molecular weight is 400 g/mol. The summed E-state index contributed by atoms with van der Waals surface area (Å²) in [4.78, 5) is 24.2. The van der Waals surface area contributed by atoms with Crippen molar-refractivity contribution in [3.8, 4) is 0 Å². The lowest BCUT2D eigenvalue weighted by Gasteiger charge is -2.35. The third-order valence-corrected chi connectivity index (χ3v) is 5.32. The monoisotopic (exact) mass is 400 g/mol. The molecule has 2 N–H and O–H groups in total. The van der Waals surface area contributed by atoms with Gasteiger partial charge in [0, 0.05) is 94.6 Å². The number of nitrogens with zero attached hydrogens (tertiary/aromatic N) is 4. The Morgan fingerprint density at radius 1 is 1.24 bits per heavy atom. The van der Waals surface area contributed by atoms with Crippen molar-refractivity contribution in [1.29, 1.82) is 0 Å². The van der Waals surface area contributed by atoms with Crippen molar-refractivity contribution in [2.45, 2.75) is 6.42 Å². The molecular formula is C20H28N6O3. The summed E-state index contributed by atoms with van der Waals surface area (Å²) in [6.45, 7) is 4.60. The number of ether oxygens (including phenoxy) is 2. The van der Waals surface area contributed by atoms with E-state index in [4.69, 9.17) is 9.47 Å². The number of piperazine rings is 1. The van der Waals surface area contributed by atoms with Crippen LogP contribution in [-0.4, -0.2) is 86.1 Å². The van der Waals surface area contributed by atoms with Gasteiger partial charge in [-0.25, -0.2) is 15.2 Å². The van der Waals surface area contributed by atoms with E-state index in [2.05, 4.69) is 32.6 Å². The molecular weight excluding hydrogens is 372 g/mol. The number of anilines is 1. The van der Waals surface area contributed by atoms with Gasteiger partial charge in [-0.1, -0.05) is 0 Å². The standard InChI is InChI=1S/C20H28N6O3/c1-24-14-15(13-22-24)17-12-16-18(4-5-21-19(16)23-17)25-6-8-26(9-7-25)20(27)29-11-3-10-28-2/h4-5,12,14,22H,3,6-11,13H2,1-2H3,(H,21,23). The van der Waals surface area contributed by atoms with Gasteiger partial charge in [0.05, 0.1) is 6.61 Å². The van der Waals surface area contributed by atoms with Crippen LogP contribution in [-0.2, 0) is 9.47 Å². The molecule has 0 bridgehead atoms. The molecule has 0 radical (unpaired) electrons. The second-order valence-corrected chi connectivity index (χ2v) is 7.31. The lowest BCUT2D eigenvalue weighted by atomic mass is 10.2. The van der Waals surface area contributed by atoms with Crippen LogP contribution in [0.1, 0.15) is 12.1 Å². The van der Waals surface area contributed by atoms with Crippen LogP contribution >= 0.6 is 0 Å². The molecule has 2 aliphatic rings. The molecule has 4 heterocycles. The quantitative estimate of drug-likeness (QED) is 0.713. The summed E-state index contributed by atoms with van der Waals surface area (Å²) >= 11 is 0. The molecule has 9 nitrogen and oxygen atoms in total. The number of carbonyl (C=O) groups is 1. The first kappa shape index (κ1) is 19.5. The topological polar surface area (TPSA) is 86.0 Å². The lowest BCUT2D eigenvalue weighted by molar-refractivity contribution is 0.0889. The molecule has 1 fully saturated rings. The van der Waals surface area contributed by atoms with E-state index in [1.54, 1.807) is 12.0 Å². The van der Waals surface area contributed by atoms with Crippen molar-refractivity contribution in [3.05, 3.63) is 30.2 Å². The molecule has 0 aliphatic carbocycles. The number of fused-ring (bicyclic) bond motifs is 1. The lowest BCUT2D eigenvalue weighted by Crippen LogP contribution is -2.49. The highest BCUT2D eigenvalue weighted by molar-refractivity contribution is 5.93. The summed E-state index contributed by atoms with van der Waals surface area (Å²) in [5.74, 6) is 0. The zero-order valence-electron chi connectivity index (χ0n) is 17.0. The first-order valence-electron chi connectivity index (χ1n) is 9.96. The van der Waals surface area contributed by atoms with Gasteiger partial charge in [0.1, 0.15) is 5.65 Å². The zero-order valence-corrected chi connectivity index (χ0v) is 17.0. The van der Waals surface area contributed by atoms with Gasteiger partial charge in [-0.15, -0.1) is 0 Å². The number of amides is 1. The number of methoxy groups -OCH3 is 1. The van der Waals surface area contributed by atoms with Gasteiger partial charge in [-0.05, 0) is 12.1 Å². The number of pyridine rings is 1. The second kappa shape index (κ2) is 8.71. The first-order valence-corrected chi connectivity index (χ1v) is 9.96. The highest BCUT2D eigenvalue weighted by atomic mass is 16.6. The van der Waals surface area contributed by atoms with Crippen LogP contribution in [0.4, 0.5) is 10.5 Å². The number of aromatic nitrogens is 2. The van der Waals surface area contributed by atoms with Gasteiger partial charge in [0.2, 0.25) is 0 Å². The maximum absolute atomic E-state index is 12.2. The van der Waals surface area contributed by atoms with E-state index in [1.807, 2.05) is 24.3 Å². The number of nitrogens with one attached hydrogen (secondary N) is 2. The SMILES string of the molecule is COCCCOC(=O)N1CCN(c2ccnc3[nH]c(C4=CN(C)NC4)cc23)CC1. The number of carbonyl (C=O) groups excluding carboxylic acids is 1. The molecule has 29 heavy (non-hydrogen) atoms. The molecule has 2 aliphatic heterocycles. The molecule has 2 aromatic rings. The smallest absolute Gasteiger partial charge is 0.409 e. The van der Waals surface area contributed by atoms with Crippen molar-refractivity contribution >= 4 is 28.4 Å². The van der Waals surface area contributed by atoms with E-state index < -0.39 is 0 Å². The van der Waals surface area contributed by atoms with E-state index in [9.17, 15) is 4.79 Å². The fourth-order valence-electron chi connectivity index (χ4n) is 3.75. The van der Waals surface area contributed by atoms with E-state index >= 15 is 0 Å². The van der Waals surface area contributed by atoms with Crippen molar-refractivity contribution in [3.63, 3.8) is 0 Å². The van der Waals surface area contributed by atoms with Crippen LogP contribution in [0.2, 0.25) is 0 Å². The Kier molecular flexibility index (Phi) is 5.86. The Hall–Kier alpha value is -2.78. The van der Waals surface area contributed by atoms with Gasteiger partial charge in [-0.2, -0.15) is 0 Å². The second-order valence-electron chi connectivity index (χ2n) is 7.31. The molecule has 0 aromatic carbocycles. The van der Waals surface area contributed by atoms with Crippen LogP contribution in [0.5, 0.6) is 0 Å². The predicted molar refractivity (Wildman–Crippen MR) is 111 cm³/mol. The van der Waals surface area contributed by atoms with Crippen LogP contribution in [0.25, 0.3) is 16.6 Å². The average Bonchev–Trinajstić information content (AvgIpc) is 3.37. The minimum atomic E-state index is -0.241. The molecule has 156 valence electrons. The molecule has 0 saturated carbocycles. The predicted octanol–water partition coefficient (Wildman–Crippen LogP) is 1.65. The van der Waals surface area contributed by atoms with E-state index in [0.717, 1.165) is 48.5 Å². The molecule has 0 atom stereocenters. The third kappa shape index (κ3) is 4.30. The summed E-state index contributed by atoms with van der Waals surface area (Å²) in [5.41, 5.74) is 7.57. The molecule has 9 heteroatoms. The van der Waals surface area contributed by atoms with E-state index in [0.29, 0.717) is 26.3 Å². The highest BCUT2D eigenvalue weighted by Crippen LogP contribution is 2.30. The fourth-order valence-corrected chi connectivity index (χ4v) is 3.75. The normalized spacial score (nSPS) is 17.2. The van der Waals surface area contributed by atoms with E-state index in [1.165, 1.54) is 5.57 Å². The summed E-state index contributed by atoms with van der Waals surface area (Å²) < 4.78 is 10.3. The van der Waals surface area contributed by atoms with Crippen molar-refractivity contribution in [1.82, 2.24) is 25.3 Å². The van der Waals surface area contributed by atoms with Crippen molar-refractivity contribution < 1.29 is 14.3 Å². The Morgan fingerprint density at radius 3 is 2.79 bits per heavy atom. The molecule has 2 aromatic heterocycles. The van der Waals surface area contributed by atoms with Crippen LogP contribution in [0.3, 0.4) is 0 Å². The number of aromatic amines is 1. The molecule has 1 saturated heterocycles. The van der Waals surface area contributed by atoms with Crippen LogP contribution in [0, 0.1) is 0 Å². The molecule has 0 spiro atoms. The summed E-state index contributed by atoms with van der Waals surface area (Å²) in [7, 11) is 3.63. The molecule has 1 amide bonds. The summed E-state index contributed by atoms with van der Waals surface area (Å²) in [6.07, 6.45) is 4.40. The van der Waals surface area contributed by atoms with Gasteiger partial charge < -0.3 is 29.3 Å². The Bertz CT molecular complexity index is 887. The number of hydrogen-bond acceptors (Lipinski definition) is 7. The summed E-state index contributed by atoms with van der Waals surface area (Å²) in [6, 6.07) is 4.22. The van der Waals surface area contributed by atoms with Crippen molar-refractivity contribution in [2.75, 3.05) is 65.0 Å². The van der Waals surface area contributed by atoms with Gasteiger partial charge in [-0.3, -0.25) is 0 Å². The summed E-state index contributed by atoms with van der Waals surface area (Å²) in [5, 5.41) is 3.07. The minimum absolute atomic E-state index is 0.241.